The highest BCUT2D eigenvalue weighted by atomic mass is 16.5. The molecule has 1 aliphatic heterocycles. The molecule has 5 nitrogen and oxygen atoms in total. The molecule has 0 saturated carbocycles. The Morgan fingerprint density at radius 3 is 2.43 bits per heavy atom. The summed E-state index contributed by atoms with van der Waals surface area (Å²) in [7, 11) is 0. The van der Waals surface area contributed by atoms with Gasteiger partial charge in [-0.05, 0) is 49.4 Å². The molecule has 1 fully saturated rings. The number of piperidine rings is 1. The van der Waals surface area contributed by atoms with Crippen molar-refractivity contribution in [2.75, 3.05) is 26.3 Å². The van der Waals surface area contributed by atoms with E-state index < -0.39 is 0 Å². The number of rotatable bonds is 9. The van der Waals surface area contributed by atoms with E-state index >= 15 is 0 Å². The summed E-state index contributed by atoms with van der Waals surface area (Å²) in [6.07, 6.45) is 3.38. The highest BCUT2D eigenvalue weighted by Crippen LogP contribution is 2.28. The van der Waals surface area contributed by atoms with E-state index in [0.717, 1.165) is 44.6 Å². The molecule has 28 heavy (non-hydrogen) atoms. The predicted octanol–water partition coefficient (Wildman–Crippen LogP) is 3.77. The summed E-state index contributed by atoms with van der Waals surface area (Å²) < 4.78 is 11.5. The maximum atomic E-state index is 12.3. The second-order valence-corrected chi connectivity index (χ2v) is 7.03. The van der Waals surface area contributed by atoms with Crippen LogP contribution in [-0.4, -0.2) is 37.1 Å². The molecule has 0 atom stereocenters. The Hall–Kier alpha value is -2.53. The normalized spacial score (nSPS) is 14.0. The van der Waals surface area contributed by atoms with Crippen LogP contribution < -0.4 is 14.8 Å². The fraction of sp³-hybridized carbons (Fsp3) is 0.435. The van der Waals surface area contributed by atoms with E-state index in [2.05, 4.69) is 17.4 Å². The number of carbonyl (C=O) groups is 1. The number of hydrogen-bond acceptors (Lipinski definition) is 4. The van der Waals surface area contributed by atoms with Crippen molar-refractivity contribution < 1.29 is 14.3 Å². The molecule has 2 aromatic carbocycles. The standard InChI is InChI=1S/C23H30N2O3/c1-2-27-22-15-20(17-24-16-19-9-5-3-6-10-19)11-12-21(22)28-18-23(26)25-13-7-4-8-14-25/h3,5-6,9-12,15,24H,2,4,7-8,13-14,16-18H2,1H3. The van der Waals surface area contributed by atoms with Crippen molar-refractivity contribution in [1.82, 2.24) is 10.2 Å². The van der Waals surface area contributed by atoms with Crippen LogP contribution in [0.1, 0.15) is 37.3 Å². The van der Waals surface area contributed by atoms with Crippen molar-refractivity contribution in [2.24, 2.45) is 0 Å². The molecule has 3 rings (SSSR count). The van der Waals surface area contributed by atoms with Crippen LogP contribution in [0.15, 0.2) is 48.5 Å². The van der Waals surface area contributed by atoms with Gasteiger partial charge in [0.25, 0.3) is 5.91 Å². The van der Waals surface area contributed by atoms with Crippen LogP contribution in [0.2, 0.25) is 0 Å². The highest BCUT2D eigenvalue weighted by Gasteiger charge is 2.17. The van der Waals surface area contributed by atoms with E-state index in [9.17, 15) is 4.79 Å². The van der Waals surface area contributed by atoms with Gasteiger partial charge in [0.05, 0.1) is 6.61 Å². The smallest absolute Gasteiger partial charge is 0.260 e. The second-order valence-electron chi connectivity index (χ2n) is 7.03. The van der Waals surface area contributed by atoms with E-state index in [-0.39, 0.29) is 12.5 Å². The molecule has 0 unspecified atom stereocenters. The number of hydrogen-bond donors (Lipinski definition) is 1. The highest BCUT2D eigenvalue weighted by molar-refractivity contribution is 5.78. The molecule has 1 amide bonds. The molecular formula is C23H30N2O3. The van der Waals surface area contributed by atoms with Crippen LogP contribution in [0.25, 0.3) is 0 Å². The Morgan fingerprint density at radius 2 is 1.68 bits per heavy atom. The van der Waals surface area contributed by atoms with Crippen LogP contribution >= 0.6 is 0 Å². The Bertz CT molecular complexity index is 743. The lowest BCUT2D eigenvalue weighted by molar-refractivity contribution is -0.134. The fourth-order valence-corrected chi connectivity index (χ4v) is 3.37. The molecule has 5 heteroatoms. The maximum Gasteiger partial charge on any atom is 0.260 e. The minimum atomic E-state index is 0.0516. The monoisotopic (exact) mass is 382 g/mol. The van der Waals surface area contributed by atoms with Gasteiger partial charge >= 0.3 is 0 Å². The van der Waals surface area contributed by atoms with Gasteiger partial charge in [0.15, 0.2) is 18.1 Å². The molecule has 1 N–H and O–H groups in total. The van der Waals surface area contributed by atoms with Gasteiger partial charge in [-0.15, -0.1) is 0 Å². The van der Waals surface area contributed by atoms with Crippen molar-refractivity contribution in [2.45, 2.75) is 39.3 Å². The number of carbonyl (C=O) groups excluding carboxylic acids is 1. The quantitative estimate of drug-likeness (QED) is 0.717. The third-order valence-corrected chi connectivity index (χ3v) is 4.87. The molecule has 0 bridgehead atoms. The lowest BCUT2D eigenvalue weighted by atomic mass is 10.1. The van der Waals surface area contributed by atoms with Crippen molar-refractivity contribution >= 4 is 5.91 Å². The minimum absolute atomic E-state index is 0.0516. The summed E-state index contributed by atoms with van der Waals surface area (Å²) in [5.74, 6) is 1.36. The Kier molecular flexibility index (Phi) is 7.73. The Balaban J connectivity index is 1.54. The summed E-state index contributed by atoms with van der Waals surface area (Å²) in [5.41, 5.74) is 2.37. The van der Waals surface area contributed by atoms with Gasteiger partial charge in [-0.1, -0.05) is 36.4 Å². The van der Waals surface area contributed by atoms with Gasteiger partial charge in [-0.25, -0.2) is 0 Å². The van der Waals surface area contributed by atoms with Crippen LogP contribution in [0, 0.1) is 0 Å². The first-order chi connectivity index (χ1) is 13.8. The zero-order valence-corrected chi connectivity index (χ0v) is 16.7. The molecule has 0 aliphatic carbocycles. The number of nitrogens with zero attached hydrogens (tertiary/aromatic N) is 1. The molecule has 2 aromatic rings. The van der Waals surface area contributed by atoms with Crippen LogP contribution in [0.3, 0.4) is 0 Å². The topological polar surface area (TPSA) is 50.8 Å². The molecule has 0 aromatic heterocycles. The number of likely N-dealkylation sites (tertiary alicyclic amines) is 1. The maximum absolute atomic E-state index is 12.3. The number of nitrogens with one attached hydrogen (secondary N) is 1. The van der Waals surface area contributed by atoms with Gasteiger partial charge < -0.3 is 19.7 Å². The Labute approximate surface area is 167 Å². The zero-order chi connectivity index (χ0) is 19.6. The molecule has 1 heterocycles. The first kappa shape index (κ1) is 20.2. The third-order valence-electron chi connectivity index (χ3n) is 4.87. The minimum Gasteiger partial charge on any atom is -0.490 e. The van der Waals surface area contributed by atoms with Crippen molar-refractivity contribution in [3.8, 4) is 11.5 Å². The van der Waals surface area contributed by atoms with Crippen molar-refractivity contribution in [3.05, 3.63) is 59.7 Å². The van der Waals surface area contributed by atoms with E-state index in [4.69, 9.17) is 9.47 Å². The summed E-state index contributed by atoms with van der Waals surface area (Å²) in [5, 5.41) is 3.44. The molecule has 150 valence electrons. The van der Waals surface area contributed by atoms with E-state index in [1.54, 1.807) is 0 Å². The predicted molar refractivity (Wildman–Crippen MR) is 111 cm³/mol. The second kappa shape index (κ2) is 10.7. The zero-order valence-electron chi connectivity index (χ0n) is 16.7. The van der Waals surface area contributed by atoms with E-state index in [0.29, 0.717) is 18.1 Å². The number of benzene rings is 2. The lowest BCUT2D eigenvalue weighted by Gasteiger charge is -2.26. The average Bonchev–Trinajstić information content (AvgIpc) is 2.74. The summed E-state index contributed by atoms with van der Waals surface area (Å²) in [6, 6.07) is 16.2. The average molecular weight is 383 g/mol. The van der Waals surface area contributed by atoms with Crippen LogP contribution in [-0.2, 0) is 17.9 Å². The van der Waals surface area contributed by atoms with Gasteiger partial charge in [0.2, 0.25) is 0 Å². The van der Waals surface area contributed by atoms with Crippen molar-refractivity contribution in [3.63, 3.8) is 0 Å². The van der Waals surface area contributed by atoms with Crippen LogP contribution in [0.4, 0.5) is 0 Å². The molecule has 1 aliphatic rings. The fourth-order valence-electron chi connectivity index (χ4n) is 3.37. The summed E-state index contributed by atoms with van der Waals surface area (Å²) in [6.45, 7) is 5.79. The summed E-state index contributed by atoms with van der Waals surface area (Å²) in [4.78, 5) is 14.2. The largest absolute Gasteiger partial charge is 0.490 e. The van der Waals surface area contributed by atoms with Gasteiger partial charge in [-0.2, -0.15) is 0 Å². The Morgan fingerprint density at radius 1 is 0.929 bits per heavy atom. The molecule has 0 radical (unpaired) electrons. The van der Waals surface area contributed by atoms with Crippen LogP contribution in [0.5, 0.6) is 11.5 Å². The van der Waals surface area contributed by atoms with Crippen molar-refractivity contribution in [1.29, 1.82) is 0 Å². The number of ether oxygens (including phenoxy) is 2. The SMILES string of the molecule is CCOc1cc(CNCc2ccccc2)ccc1OCC(=O)N1CCCCC1. The first-order valence-electron chi connectivity index (χ1n) is 10.2. The lowest BCUT2D eigenvalue weighted by Crippen LogP contribution is -2.38. The van der Waals surface area contributed by atoms with E-state index in [1.165, 1.54) is 12.0 Å². The molecule has 0 spiro atoms. The van der Waals surface area contributed by atoms with Gasteiger partial charge in [-0.3, -0.25) is 4.79 Å². The number of amides is 1. The van der Waals surface area contributed by atoms with E-state index in [1.807, 2.05) is 48.2 Å². The first-order valence-corrected chi connectivity index (χ1v) is 10.2. The van der Waals surface area contributed by atoms with Gasteiger partial charge in [0.1, 0.15) is 0 Å². The molecular weight excluding hydrogens is 352 g/mol. The third kappa shape index (κ3) is 5.99. The summed E-state index contributed by atoms with van der Waals surface area (Å²) >= 11 is 0. The van der Waals surface area contributed by atoms with Gasteiger partial charge in [0, 0.05) is 26.2 Å². The molecule has 1 saturated heterocycles.